The van der Waals surface area contributed by atoms with Crippen molar-refractivity contribution < 1.29 is 23.9 Å². The standard InChI is InChI=1S/C19H27N3O5.C2H6/c1-18(2,3)27-17(25)22-11-9-19(10-12-22,16(20)24)21-14-7-5-13(6-8-14)15(23)26-4;1-2/h5-8,21H,9-12H2,1-4H3,(H2,20,24);1-2H3. The smallest absolute Gasteiger partial charge is 0.410 e. The Morgan fingerprint density at radius 1 is 1.07 bits per heavy atom. The molecule has 0 spiro atoms. The Morgan fingerprint density at radius 2 is 1.59 bits per heavy atom. The fraction of sp³-hybridized carbons (Fsp3) is 0.571. The molecule has 1 aromatic carbocycles. The highest BCUT2D eigenvalue weighted by molar-refractivity contribution is 5.91. The maximum absolute atomic E-state index is 12.2. The number of esters is 1. The molecule has 0 bridgehead atoms. The number of hydrogen-bond acceptors (Lipinski definition) is 6. The van der Waals surface area contributed by atoms with Gasteiger partial charge >= 0.3 is 12.1 Å². The van der Waals surface area contributed by atoms with Crippen molar-refractivity contribution in [3.8, 4) is 0 Å². The Morgan fingerprint density at radius 3 is 2.00 bits per heavy atom. The largest absolute Gasteiger partial charge is 0.465 e. The number of hydrogen-bond donors (Lipinski definition) is 2. The normalized spacial score (nSPS) is 15.4. The third-order valence-corrected chi connectivity index (χ3v) is 4.43. The molecule has 162 valence electrons. The molecule has 1 saturated heterocycles. The minimum atomic E-state index is -0.967. The number of carbonyl (C=O) groups is 3. The van der Waals surface area contributed by atoms with Gasteiger partial charge in [-0.25, -0.2) is 9.59 Å². The molecule has 2 rings (SSSR count). The Kier molecular flexibility index (Phi) is 8.48. The average Bonchev–Trinajstić information content (AvgIpc) is 2.68. The number of nitrogens with zero attached hydrogens (tertiary/aromatic N) is 1. The predicted molar refractivity (Wildman–Crippen MR) is 112 cm³/mol. The molecular formula is C21H33N3O5. The van der Waals surface area contributed by atoms with Crippen LogP contribution in [0.2, 0.25) is 0 Å². The molecule has 0 unspecified atom stereocenters. The van der Waals surface area contributed by atoms with Crippen LogP contribution in [0.4, 0.5) is 10.5 Å². The van der Waals surface area contributed by atoms with Crippen LogP contribution in [0.5, 0.6) is 0 Å². The number of nitrogens with two attached hydrogens (primary N) is 1. The molecule has 1 fully saturated rings. The maximum atomic E-state index is 12.2. The second-order valence-electron chi connectivity index (χ2n) is 7.61. The van der Waals surface area contributed by atoms with Gasteiger partial charge in [-0.1, -0.05) is 13.8 Å². The number of methoxy groups -OCH3 is 1. The first kappa shape index (κ1) is 24.3. The summed E-state index contributed by atoms with van der Waals surface area (Å²) in [5.41, 5.74) is 5.19. The lowest BCUT2D eigenvalue weighted by molar-refractivity contribution is -0.123. The molecule has 1 aliphatic rings. The molecule has 2 amide bonds. The van der Waals surface area contributed by atoms with Crippen LogP contribution in [0, 0.1) is 0 Å². The molecule has 1 aromatic rings. The van der Waals surface area contributed by atoms with E-state index in [1.165, 1.54) is 7.11 Å². The van der Waals surface area contributed by atoms with Crippen molar-refractivity contribution >= 4 is 23.7 Å². The molecule has 0 aromatic heterocycles. The van der Waals surface area contributed by atoms with Gasteiger partial charge in [-0.2, -0.15) is 0 Å². The van der Waals surface area contributed by atoms with Crippen LogP contribution in [-0.4, -0.2) is 54.2 Å². The summed E-state index contributed by atoms with van der Waals surface area (Å²) in [7, 11) is 1.31. The molecule has 0 atom stereocenters. The van der Waals surface area contributed by atoms with Crippen molar-refractivity contribution in [3.63, 3.8) is 0 Å². The first-order chi connectivity index (χ1) is 13.6. The van der Waals surface area contributed by atoms with Crippen molar-refractivity contribution in [1.29, 1.82) is 0 Å². The summed E-state index contributed by atoms with van der Waals surface area (Å²) < 4.78 is 10.0. The average molecular weight is 408 g/mol. The van der Waals surface area contributed by atoms with E-state index in [1.54, 1.807) is 29.2 Å². The van der Waals surface area contributed by atoms with Crippen molar-refractivity contribution in [3.05, 3.63) is 29.8 Å². The number of piperidine rings is 1. The number of likely N-dealkylation sites (tertiary alicyclic amines) is 1. The van der Waals surface area contributed by atoms with Crippen molar-refractivity contribution in [2.75, 3.05) is 25.5 Å². The van der Waals surface area contributed by atoms with E-state index in [4.69, 9.17) is 10.5 Å². The van der Waals surface area contributed by atoms with E-state index in [1.807, 2.05) is 34.6 Å². The zero-order valence-corrected chi connectivity index (χ0v) is 18.2. The van der Waals surface area contributed by atoms with E-state index in [2.05, 4.69) is 10.1 Å². The van der Waals surface area contributed by atoms with Crippen LogP contribution < -0.4 is 11.1 Å². The Balaban J connectivity index is 0.00000204. The van der Waals surface area contributed by atoms with Gasteiger partial charge in [-0.3, -0.25) is 4.79 Å². The summed E-state index contributed by atoms with van der Waals surface area (Å²) >= 11 is 0. The highest BCUT2D eigenvalue weighted by atomic mass is 16.6. The van der Waals surface area contributed by atoms with E-state index in [9.17, 15) is 14.4 Å². The Hall–Kier alpha value is -2.77. The van der Waals surface area contributed by atoms with Gasteiger partial charge in [0.2, 0.25) is 5.91 Å². The highest BCUT2D eigenvalue weighted by Crippen LogP contribution is 2.28. The number of benzene rings is 1. The summed E-state index contributed by atoms with van der Waals surface area (Å²) in [4.78, 5) is 37.5. The van der Waals surface area contributed by atoms with E-state index >= 15 is 0 Å². The summed E-state index contributed by atoms with van der Waals surface area (Å²) in [6.45, 7) is 10.1. The van der Waals surface area contributed by atoms with Gasteiger partial charge in [-0.05, 0) is 57.9 Å². The molecule has 0 radical (unpaired) electrons. The van der Waals surface area contributed by atoms with Crippen LogP contribution in [-0.2, 0) is 14.3 Å². The molecule has 0 aliphatic carbocycles. The number of amides is 2. The Labute approximate surface area is 172 Å². The molecule has 1 aliphatic heterocycles. The fourth-order valence-corrected chi connectivity index (χ4v) is 2.91. The molecule has 3 N–H and O–H groups in total. The van der Waals surface area contributed by atoms with Crippen LogP contribution in [0.1, 0.15) is 57.8 Å². The van der Waals surface area contributed by atoms with Crippen LogP contribution in [0.15, 0.2) is 24.3 Å². The van der Waals surface area contributed by atoms with Crippen LogP contribution in [0.25, 0.3) is 0 Å². The van der Waals surface area contributed by atoms with Crippen molar-refractivity contribution in [2.45, 2.75) is 58.6 Å². The van der Waals surface area contributed by atoms with Gasteiger partial charge in [0.25, 0.3) is 0 Å². The molecule has 8 heteroatoms. The molecule has 8 nitrogen and oxygen atoms in total. The fourth-order valence-electron chi connectivity index (χ4n) is 2.91. The third-order valence-electron chi connectivity index (χ3n) is 4.43. The number of carbonyl (C=O) groups excluding carboxylic acids is 3. The number of nitrogens with one attached hydrogen (secondary N) is 1. The minimum absolute atomic E-state index is 0.352. The van der Waals surface area contributed by atoms with E-state index in [0.29, 0.717) is 37.2 Å². The van der Waals surface area contributed by atoms with E-state index < -0.39 is 29.1 Å². The zero-order valence-electron chi connectivity index (χ0n) is 18.2. The molecule has 29 heavy (non-hydrogen) atoms. The summed E-state index contributed by atoms with van der Waals surface area (Å²) in [5, 5.41) is 3.18. The lowest BCUT2D eigenvalue weighted by atomic mass is 9.86. The maximum Gasteiger partial charge on any atom is 0.410 e. The third kappa shape index (κ3) is 6.66. The topological polar surface area (TPSA) is 111 Å². The van der Waals surface area contributed by atoms with Gasteiger partial charge < -0.3 is 25.4 Å². The first-order valence-electron chi connectivity index (χ1n) is 9.81. The molecule has 1 heterocycles. The Bertz CT molecular complexity index is 702. The van der Waals surface area contributed by atoms with E-state index in [0.717, 1.165) is 0 Å². The summed E-state index contributed by atoms with van der Waals surface area (Å²) in [6.07, 6.45) is 0.323. The number of primary amides is 1. The zero-order chi connectivity index (χ0) is 22.2. The van der Waals surface area contributed by atoms with E-state index in [-0.39, 0.29) is 0 Å². The van der Waals surface area contributed by atoms with Crippen LogP contribution in [0.3, 0.4) is 0 Å². The SMILES string of the molecule is CC.COC(=O)c1ccc(NC2(C(N)=O)CCN(C(=O)OC(C)(C)C)CC2)cc1. The molecule has 0 saturated carbocycles. The molecular weight excluding hydrogens is 374 g/mol. The van der Waals surface area contributed by atoms with Gasteiger partial charge in [0.05, 0.1) is 12.7 Å². The first-order valence-corrected chi connectivity index (χ1v) is 9.81. The number of anilines is 1. The van der Waals surface area contributed by atoms with Gasteiger partial charge in [-0.15, -0.1) is 0 Å². The lowest BCUT2D eigenvalue weighted by Crippen LogP contribution is -2.58. The summed E-state index contributed by atoms with van der Waals surface area (Å²) in [6, 6.07) is 6.60. The van der Waals surface area contributed by atoms with Gasteiger partial charge in [0, 0.05) is 18.8 Å². The monoisotopic (exact) mass is 407 g/mol. The number of rotatable bonds is 4. The highest BCUT2D eigenvalue weighted by Gasteiger charge is 2.41. The van der Waals surface area contributed by atoms with Gasteiger partial charge in [0.15, 0.2) is 0 Å². The van der Waals surface area contributed by atoms with Crippen molar-refractivity contribution in [2.24, 2.45) is 5.73 Å². The lowest BCUT2D eigenvalue weighted by Gasteiger charge is -2.41. The van der Waals surface area contributed by atoms with Crippen molar-refractivity contribution in [1.82, 2.24) is 4.90 Å². The quantitative estimate of drug-likeness (QED) is 0.742. The van der Waals surface area contributed by atoms with Crippen LogP contribution >= 0.6 is 0 Å². The second-order valence-corrected chi connectivity index (χ2v) is 7.61. The predicted octanol–water partition coefficient (Wildman–Crippen LogP) is 3.17. The second kappa shape index (κ2) is 10.1. The van der Waals surface area contributed by atoms with Gasteiger partial charge in [0.1, 0.15) is 11.1 Å². The summed E-state index contributed by atoms with van der Waals surface area (Å²) in [5.74, 6) is -0.916. The minimum Gasteiger partial charge on any atom is -0.465 e. The number of ether oxygens (including phenoxy) is 2.